The van der Waals surface area contributed by atoms with Crippen molar-refractivity contribution in [3.63, 3.8) is 0 Å². The van der Waals surface area contributed by atoms with E-state index in [1.165, 1.54) is 43.8 Å². The van der Waals surface area contributed by atoms with Gasteiger partial charge in [-0.25, -0.2) is 15.3 Å². The molecule has 3 amide bonds. The van der Waals surface area contributed by atoms with E-state index in [2.05, 4.69) is 26.1 Å². The summed E-state index contributed by atoms with van der Waals surface area (Å²) < 4.78 is 5.42. The van der Waals surface area contributed by atoms with Gasteiger partial charge in [0.05, 0.1) is 24.5 Å². The topological polar surface area (TPSA) is 135 Å². The lowest BCUT2D eigenvalue weighted by molar-refractivity contribution is -0.198. The van der Waals surface area contributed by atoms with Crippen molar-refractivity contribution in [3.8, 4) is 0 Å². The molecular formula is C31H42N6O5. The van der Waals surface area contributed by atoms with Crippen LogP contribution in [0.2, 0.25) is 0 Å². The van der Waals surface area contributed by atoms with Crippen molar-refractivity contribution in [3.05, 3.63) is 60.1 Å². The molecule has 0 bridgehead atoms. The molecule has 2 fully saturated rings. The number of aromatic nitrogens is 2. The first-order valence-corrected chi connectivity index (χ1v) is 14.9. The van der Waals surface area contributed by atoms with Crippen molar-refractivity contribution in [1.82, 2.24) is 25.7 Å². The maximum Gasteiger partial charge on any atom is 0.267 e. The molecule has 226 valence electrons. The number of benzene rings is 1. The van der Waals surface area contributed by atoms with E-state index in [0.717, 1.165) is 37.7 Å². The van der Waals surface area contributed by atoms with Crippen LogP contribution < -0.4 is 16.1 Å². The first kappa shape index (κ1) is 31.1. The Labute approximate surface area is 247 Å². The second-order valence-electron chi connectivity index (χ2n) is 10.9. The first-order chi connectivity index (χ1) is 20.5. The zero-order valence-corrected chi connectivity index (χ0v) is 24.3. The van der Waals surface area contributed by atoms with Crippen LogP contribution in [-0.4, -0.2) is 65.1 Å². The van der Waals surface area contributed by atoms with Gasteiger partial charge in [0.15, 0.2) is 6.29 Å². The predicted molar refractivity (Wildman–Crippen MR) is 158 cm³/mol. The Morgan fingerprint density at radius 1 is 1.05 bits per heavy atom. The van der Waals surface area contributed by atoms with Gasteiger partial charge in [-0.1, -0.05) is 49.6 Å². The van der Waals surface area contributed by atoms with Crippen LogP contribution in [0.5, 0.6) is 0 Å². The Hall–Kier alpha value is -3.83. The minimum atomic E-state index is -0.820. The molecule has 11 heteroatoms. The third-order valence-corrected chi connectivity index (χ3v) is 7.50. The molecule has 1 saturated carbocycles. The van der Waals surface area contributed by atoms with Crippen LogP contribution in [0.1, 0.15) is 69.0 Å². The van der Waals surface area contributed by atoms with Crippen LogP contribution in [-0.2, 0) is 30.5 Å². The lowest BCUT2D eigenvalue weighted by Gasteiger charge is -2.25. The largest absolute Gasteiger partial charge is 0.357 e. The summed E-state index contributed by atoms with van der Waals surface area (Å²) in [5.41, 5.74) is 3.82. The van der Waals surface area contributed by atoms with Gasteiger partial charge < -0.3 is 20.3 Å². The van der Waals surface area contributed by atoms with Crippen LogP contribution >= 0.6 is 0 Å². The molecule has 1 saturated heterocycles. The molecule has 1 aliphatic heterocycles. The van der Waals surface area contributed by atoms with Gasteiger partial charge in [0, 0.05) is 39.2 Å². The van der Waals surface area contributed by atoms with E-state index in [0.29, 0.717) is 37.1 Å². The van der Waals surface area contributed by atoms with Crippen LogP contribution in [0, 0.1) is 5.92 Å². The Kier molecular flexibility index (Phi) is 12.3. The number of carbonyl (C=O) groups is 3. The summed E-state index contributed by atoms with van der Waals surface area (Å²) in [6.07, 6.45) is 13.8. The molecule has 1 unspecified atom stereocenters. The Bertz CT molecular complexity index is 1160. The number of anilines is 1. The lowest BCUT2D eigenvalue weighted by atomic mass is 9.89. The third kappa shape index (κ3) is 10.5. The molecule has 2 atom stereocenters. The number of carbonyl (C=O) groups excluding carboxylic acids is 3. The number of rotatable bonds is 13. The zero-order valence-electron chi connectivity index (χ0n) is 24.3. The minimum Gasteiger partial charge on any atom is -0.357 e. The zero-order chi connectivity index (χ0) is 29.6. The van der Waals surface area contributed by atoms with E-state index < -0.39 is 18.2 Å². The van der Waals surface area contributed by atoms with Crippen molar-refractivity contribution in [2.45, 2.75) is 76.7 Å². The summed E-state index contributed by atoms with van der Waals surface area (Å²) in [6, 6.07) is 8.90. The monoisotopic (exact) mass is 578 g/mol. The fourth-order valence-electron chi connectivity index (χ4n) is 5.04. The number of hydrogen-bond donors (Lipinski definition) is 3. The number of ether oxygens (including phenoxy) is 1. The predicted octanol–water partition coefficient (Wildman–Crippen LogP) is 3.59. The Balaban J connectivity index is 1.33. The maximum absolute atomic E-state index is 13.3. The average molecular weight is 579 g/mol. The molecule has 2 aliphatic rings. The second-order valence-corrected chi connectivity index (χ2v) is 10.9. The summed E-state index contributed by atoms with van der Waals surface area (Å²) >= 11 is 0. The van der Waals surface area contributed by atoms with E-state index in [-0.39, 0.29) is 18.2 Å². The Morgan fingerprint density at radius 3 is 2.55 bits per heavy atom. The van der Waals surface area contributed by atoms with Crippen LogP contribution in [0.15, 0.2) is 48.8 Å². The number of nitrogens with one attached hydrogen (secondary N) is 3. The van der Waals surface area contributed by atoms with Crippen LogP contribution in [0.3, 0.4) is 0 Å². The van der Waals surface area contributed by atoms with E-state index in [1.54, 1.807) is 11.9 Å². The SMILES string of the molecule is CN(Cc1ccccc1)C(=O)C[C@@H](Nc1cnc(/C=C/C(=O)NOC2CCCCO2)cn1)C(=O)NCC1CCCCC1. The molecule has 1 aromatic heterocycles. The van der Waals surface area contributed by atoms with E-state index in [9.17, 15) is 14.4 Å². The molecule has 2 aromatic rings. The number of amides is 3. The highest BCUT2D eigenvalue weighted by Gasteiger charge is 2.25. The van der Waals surface area contributed by atoms with Gasteiger partial charge in [-0.2, -0.15) is 0 Å². The number of hydroxylamine groups is 1. The Morgan fingerprint density at radius 2 is 1.83 bits per heavy atom. The normalized spacial score (nSPS) is 18.3. The highest BCUT2D eigenvalue weighted by Crippen LogP contribution is 2.23. The highest BCUT2D eigenvalue weighted by molar-refractivity contribution is 5.91. The highest BCUT2D eigenvalue weighted by atomic mass is 16.8. The van der Waals surface area contributed by atoms with Crippen molar-refractivity contribution >= 4 is 29.6 Å². The summed E-state index contributed by atoms with van der Waals surface area (Å²) in [6.45, 7) is 1.66. The second kappa shape index (κ2) is 16.6. The molecule has 2 heterocycles. The van der Waals surface area contributed by atoms with E-state index >= 15 is 0 Å². The fraction of sp³-hybridized carbons (Fsp3) is 0.516. The molecule has 1 aliphatic carbocycles. The molecule has 0 spiro atoms. The molecule has 0 radical (unpaired) electrons. The molecule has 1 aromatic carbocycles. The lowest BCUT2D eigenvalue weighted by Crippen LogP contribution is -2.44. The smallest absolute Gasteiger partial charge is 0.267 e. The first-order valence-electron chi connectivity index (χ1n) is 14.9. The summed E-state index contributed by atoms with van der Waals surface area (Å²) in [7, 11) is 1.73. The number of nitrogens with zero attached hydrogens (tertiary/aromatic N) is 3. The average Bonchev–Trinajstić information content (AvgIpc) is 3.03. The standard InChI is InChI=1S/C31H42N6O5/c1-37(22-24-12-6-3-7-13-24)29(39)18-26(31(40)34-19-23-10-4-2-5-11-23)35-27-21-32-25(20-33-27)15-16-28(38)36-42-30-14-8-9-17-41-30/h3,6-7,12-13,15-16,20-21,23,26,30H,2,4-5,8-11,14,17-19,22H2,1H3,(H,33,35)(H,34,40)(H,36,38)/b16-15+/t26-,30?/m1/s1. The summed E-state index contributed by atoms with van der Waals surface area (Å²) in [5, 5.41) is 6.14. The van der Waals surface area contributed by atoms with Gasteiger partial charge in [-0.15, -0.1) is 0 Å². The van der Waals surface area contributed by atoms with Crippen molar-refractivity contribution in [1.29, 1.82) is 0 Å². The van der Waals surface area contributed by atoms with E-state index in [1.807, 2.05) is 30.3 Å². The maximum atomic E-state index is 13.3. The quantitative estimate of drug-likeness (QED) is 0.243. The van der Waals surface area contributed by atoms with Crippen molar-refractivity contribution in [2.75, 3.05) is 25.5 Å². The van der Waals surface area contributed by atoms with Gasteiger partial charge >= 0.3 is 0 Å². The van der Waals surface area contributed by atoms with Crippen LogP contribution in [0.25, 0.3) is 6.08 Å². The van der Waals surface area contributed by atoms with Crippen molar-refractivity contribution in [2.24, 2.45) is 5.92 Å². The number of hydrogen-bond acceptors (Lipinski definition) is 8. The minimum absolute atomic E-state index is 0.0337. The fourth-order valence-corrected chi connectivity index (χ4v) is 5.04. The van der Waals surface area contributed by atoms with Gasteiger partial charge in [-0.05, 0) is 43.2 Å². The van der Waals surface area contributed by atoms with Gasteiger partial charge in [0.1, 0.15) is 11.9 Å². The van der Waals surface area contributed by atoms with Gasteiger partial charge in [0.25, 0.3) is 5.91 Å². The molecule has 4 rings (SSSR count). The molecule has 42 heavy (non-hydrogen) atoms. The summed E-state index contributed by atoms with van der Waals surface area (Å²) in [4.78, 5) is 54.0. The third-order valence-electron chi connectivity index (χ3n) is 7.50. The van der Waals surface area contributed by atoms with Gasteiger partial charge in [-0.3, -0.25) is 19.4 Å². The van der Waals surface area contributed by atoms with Gasteiger partial charge in [0.2, 0.25) is 11.8 Å². The molecule has 11 nitrogen and oxygen atoms in total. The molecular weight excluding hydrogens is 536 g/mol. The summed E-state index contributed by atoms with van der Waals surface area (Å²) in [5.74, 6) is -0.0369. The molecule has 3 N–H and O–H groups in total. The van der Waals surface area contributed by atoms with Crippen LogP contribution in [0.4, 0.5) is 5.82 Å². The van der Waals surface area contributed by atoms with Crippen molar-refractivity contribution < 1.29 is 24.0 Å². The van der Waals surface area contributed by atoms with E-state index in [4.69, 9.17) is 9.57 Å².